The number of ether oxygens (including phenoxy) is 3. The van der Waals surface area contributed by atoms with Crippen molar-refractivity contribution < 1.29 is 32.7 Å². The number of Topliss-reactive ketones (excluding diaryl/α,β-unsaturated/α-hetero) is 1. The van der Waals surface area contributed by atoms with Gasteiger partial charge in [0.25, 0.3) is 0 Å². The number of ketones is 1. The van der Waals surface area contributed by atoms with Gasteiger partial charge in [0.1, 0.15) is 23.4 Å². The van der Waals surface area contributed by atoms with E-state index in [0.717, 1.165) is 5.56 Å². The molecule has 0 amide bonds. The number of hydrogen-bond donors (Lipinski definition) is 0. The van der Waals surface area contributed by atoms with Gasteiger partial charge in [-0.05, 0) is 69.0 Å². The van der Waals surface area contributed by atoms with Crippen LogP contribution in [0.2, 0.25) is 36.3 Å². The highest BCUT2D eigenvalue weighted by molar-refractivity contribution is 6.74. The van der Waals surface area contributed by atoms with E-state index in [1.54, 1.807) is 14.0 Å². The van der Waals surface area contributed by atoms with Crippen molar-refractivity contribution in [1.82, 2.24) is 0 Å². The highest BCUT2D eigenvalue weighted by Gasteiger charge is 2.55. The number of benzene rings is 1. The molecule has 0 aliphatic carbocycles. The molecule has 1 saturated heterocycles. The number of esters is 1. The SMILES string of the molecule is CO[C@H]1O[C@H](C)[C@@H](OC(=O)[C@](C)(Cc2ccccc2)C(C)=O)[C@H](O[Si](C)(C)C(C)(C)C)[C@H]1O[Si](C)(C)C(C)(C)C. The van der Waals surface area contributed by atoms with Crippen LogP contribution >= 0.6 is 0 Å². The summed E-state index contributed by atoms with van der Waals surface area (Å²) in [5, 5.41) is -0.181. The van der Waals surface area contributed by atoms with Crippen LogP contribution in [0.3, 0.4) is 0 Å². The van der Waals surface area contributed by atoms with E-state index in [-0.39, 0.29) is 22.3 Å². The van der Waals surface area contributed by atoms with Crippen LogP contribution in [-0.4, -0.2) is 66.2 Å². The Labute approximate surface area is 244 Å². The molecule has 1 heterocycles. The highest BCUT2D eigenvalue weighted by Crippen LogP contribution is 2.44. The Morgan fingerprint density at radius 3 is 1.73 bits per heavy atom. The fraction of sp³-hybridized carbons (Fsp3) is 0.742. The molecule has 1 fully saturated rings. The van der Waals surface area contributed by atoms with Gasteiger partial charge in [0.15, 0.2) is 29.0 Å². The number of carbonyl (C=O) groups excluding carboxylic acids is 2. The summed E-state index contributed by atoms with van der Waals surface area (Å²) < 4.78 is 32.4. The van der Waals surface area contributed by atoms with Crippen LogP contribution in [0.5, 0.6) is 0 Å². The van der Waals surface area contributed by atoms with Crippen LogP contribution in [0.1, 0.15) is 67.9 Å². The third kappa shape index (κ3) is 7.72. The van der Waals surface area contributed by atoms with Crippen molar-refractivity contribution in [2.45, 2.75) is 136 Å². The predicted octanol–water partition coefficient (Wildman–Crippen LogP) is 6.91. The third-order valence-electron chi connectivity index (χ3n) is 9.30. The highest BCUT2D eigenvalue weighted by atomic mass is 28.4. The van der Waals surface area contributed by atoms with E-state index >= 15 is 0 Å². The summed E-state index contributed by atoms with van der Waals surface area (Å²) >= 11 is 0. The number of hydrogen-bond acceptors (Lipinski definition) is 7. The van der Waals surface area contributed by atoms with Gasteiger partial charge in [0.05, 0.1) is 6.10 Å². The number of rotatable bonds is 10. The lowest BCUT2D eigenvalue weighted by atomic mass is 9.80. The second-order valence-corrected chi connectivity index (χ2v) is 24.1. The van der Waals surface area contributed by atoms with Crippen molar-refractivity contribution in [3.8, 4) is 0 Å². The van der Waals surface area contributed by atoms with E-state index < -0.39 is 58.7 Å². The molecular weight excluding hydrogens is 541 g/mol. The molecule has 1 aromatic rings. The van der Waals surface area contributed by atoms with Crippen molar-refractivity contribution in [2.75, 3.05) is 7.11 Å². The first-order chi connectivity index (χ1) is 18.1. The zero-order chi connectivity index (χ0) is 30.9. The predicted molar refractivity (Wildman–Crippen MR) is 164 cm³/mol. The molecule has 1 aliphatic rings. The Balaban J connectivity index is 2.57. The molecule has 1 aliphatic heterocycles. The van der Waals surface area contributed by atoms with Crippen LogP contribution in [0, 0.1) is 5.41 Å². The monoisotopic (exact) mass is 594 g/mol. The summed E-state index contributed by atoms with van der Waals surface area (Å²) in [7, 11) is -3.11. The topological polar surface area (TPSA) is 80.3 Å². The molecule has 2 rings (SSSR count). The molecule has 0 saturated carbocycles. The van der Waals surface area contributed by atoms with Crippen LogP contribution in [0.15, 0.2) is 30.3 Å². The fourth-order valence-electron chi connectivity index (χ4n) is 4.22. The summed E-state index contributed by atoms with van der Waals surface area (Å²) in [6, 6.07) is 9.53. The third-order valence-corrected chi connectivity index (χ3v) is 18.3. The Hall–Kier alpha value is -1.37. The molecule has 40 heavy (non-hydrogen) atoms. The molecule has 0 bridgehead atoms. The second kappa shape index (κ2) is 12.5. The van der Waals surface area contributed by atoms with Gasteiger partial charge in [-0.15, -0.1) is 0 Å². The molecule has 228 valence electrons. The van der Waals surface area contributed by atoms with E-state index in [0.29, 0.717) is 0 Å². The molecular formula is C31H54O7Si2. The molecule has 0 aromatic heterocycles. The molecule has 6 atom stereocenters. The summed E-state index contributed by atoms with van der Waals surface area (Å²) in [5.41, 5.74) is -0.478. The van der Waals surface area contributed by atoms with Gasteiger partial charge in [-0.25, -0.2) is 0 Å². The zero-order valence-electron chi connectivity index (χ0n) is 27.3. The van der Waals surface area contributed by atoms with Crippen molar-refractivity contribution in [3.05, 3.63) is 35.9 Å². The standard InChI is InChI=1S/C31H54O7Si2/c1-21-24(36-28(33)31(9,22(2)32)20-23-18-16-15-17-19-23)25(37-39(11,12)29(3,4)5)26(27(34-10)35-21)38-40(13,14)30(6,7)8/h15-19,21,24-27H,20H2,1-14H3/t21-,24-,25+,26-,27+,31-/m1/s1. The fourth-order valence-corrected chi connectivity index (χ4v) is 6.80. The van der Waals surface area contributed by atoms with Gasteiger partial charge in [-0.2, -0.15) is 0 Å². The van der Waals surface area contributed by atoms with Crippen LogP contribution in [0.25, 0.3) is 0 Å². The van der Waals surface area contributed by atoms with Crippen molar-refractivity contribution in [1.29, 1.82) is 0 Å². The number of methoxy groups -OCH3 is 1. The van der Waals surface area contributed by atoms with Gasteiger partial charge in [-0.1, -0.05) is 71.9 Å². The van der Waals surface area contributed by atoms with E-state index in [2.05, 4.69) is 67.7 Å². The molecule has 0 radical (unpaired) electrons. The van der Waals surface area contributed by atoms with Gasteiger partial charge in [0, 0.05) is 7.11 Å². The molecule has 7 nitrogen and oxygen atoms in total. The first kappa shape index (κ1) is 34.8. The minimum atomic E-state index is -2.38. The largest absolute Gasteiger partial charge is 0.456 e. The molecule has 0 spiro atoms. The normalized spacial score (nSPS) is 26.2. The summed E-state index contributed by atoms with van der Waals surface area (Å²) in [5.74, 6) is -0.841. The Morgan fingerprint density at radius 2 is 1.30 bits per heavy atom. The van der Waals surface area contributed by atoms with E-state index in [1.165, 1.54) is 6.92 Å². The van der Waals surface area contributed by atoms with Crippen molar-refractivity contribution in [2.24, 2.45) is 5.41 Å². The van der Waals surface area contributed by atoms with E-state index in [9.17, 15) is 9.59 Å². The van der Waals surface area contributed by atoms with Crippen LogP contribution < -0.4 is 0 Å². The summed E-state index contributed by atoms with van der Waals surface area (Å²) in [6.07, 6.45) is -3.06. The minimum Gasteiger partial charge on any atom is -0.456 e. The Kier molecular flexibility index (Phi) is 10.9. The lowest BCUT2D eigenvalue weighted by molar-refractivity contribution is -0.284. The average molecular weight is 595 g/mol. The van der Waals surface area contributed by atoms with Gasteiger partial charge < -0.3 is 23.1 Å². The van der Waals surface area contributed by atoms with Gasteiger partial charge in [-0.3, -0.25) is 9.59 Å². The van der Waals surface area contributed by atoms with E-state index in [1.807, 2.05) is 37.3 Å². The quantitative estimate of drug-likeness (QED) is 0.165. The Bertz CT molecular complexity index is 1010. The summed E-state index contributed by atoms with van der Waals surface area (Å²) in [6.45, 7) is 26.7. The van der Waals surface area contributed by atoms with Gasteiger partial charge >= 0.3 is 5.97 Å². The number of carbonyl (C=O) groups is 2. The maximum Gasteiger partial charge on any atom is 0.320 e. The van der Waals surface area contributed by atoms with Crippen molar-refractivity contribution in [3.63, 3.8) is 0 Å². The first-order valence-electron chi connectivity index (χ1n) is 14.4. The van der Waals surface area contributed by atoms with Crippen LogP contribution in [0.4, 0.5) is 0 Å². The molecule has 0 N–H and O–H groups in total. The molecule has 9 heteroatoms. The van der Waals surface area contributed by atoms with Crippen molar-refractivity contribution >= 4 is 28.4 Å². The summed E-state index contributed by atoms with van der Waals surface area (Å²) in [4.78, 5) is 26.9. The maximum atomic E-state index is 13.9. The maximum absolute atomic E-state index is 13.9. The second-order valence-electron chi connectivity index (χ2n) is 14.6. The Morgan fingerprint density at radius 1 is 0.825 bits per heavy atom. The van der Waals surface area contributed by atoms with Crippen LogP contribution in [-0.2, 0) is 39.1 Å². The van der Waals surface area contributed by atoms with Gasteiger partial charge in [0.2, 0.25) is 0 Å². The lowest BCUT2D eigenvalue weighted by Gasteiger charge is -2.52. The smallest absolute Gasteiger partial charge is 0.320 e. The minimum absolute atomic E-state index is 0.0784. The van der Waals surface area contributed by atoms with E-state index in [4.69, 9.17) is 23.1 Å². The first-order valence-corrected chi connectivity index (χ1v) is 20.2. The molecule has 0 unspecified atom stereocenters. The zero-order valence-corrected chi connectivity index (χ0v) is 29.3. The lowest BCUT2D eigenvalue weighted by Crippen LogP contribution is -2.66. The average Bonchev–Trinajstić information content (AvgIpc) is 2.81. The molecule has 1 aromatic carbocycles.